The molecule has 38 heavy (non-hydrogen) atoms. The summed E-state index contributed by atoms with van der Waals surface area (Å²) < 4.78 is 11.1. The van der Waals surface area contributed by atoms with Crippen LogP contribution in [0.15, 0.2) is 43.0 Å². The van der Waals surface area contributed by atoms with Crippen molar-refractivity contribution in [3.05, 3.63) is 48.6 Å². The van der Waals surface area contributed by atoms with Crippen LogP contribution in [0, 0.1) is 28.1 Å². The van der Waals surface area contributed by atoms with Crippen molar-refractivity contribution < 1.29 is 33.8 Å². The molecule has 3 fully saturated rings. The molecule has 3 aliphatic rings. The van der Waals surface area contributed by atoms with Crippen LogP contribution in [0.25, 0.3) is 0 Å². The van der Waals surface area contributed by atoms with E-state index in [-0.39, 0.29) is 29.6 Å². The van der Waals surface area contributed by atoms with Gasteiger partial charge in [-0.05, 0) is 55.6 Å². The molecule has 7 atom stereocenters. The molecule has 1 aromatic carbocycles. The van der Waals surface area contributed by atoms with Gasteiger partial charge in [0.2, 0.25) is 0 Å². The predicted octanol–water partition coefficient (Wildman–Crippen LogP) is 3.62. The third-order valence-electron chi connectivity index (χ3n) is 9.71. The van der Waals surface area contributed by atoms with Gasteiger partial charge in [0, 0.05) is 28.7 Å². The first-order valence-electron chi connectivity index (χ1n) is 13.5. The van der Waals surface area contributed by atoms with Crippen molar-refractivity contribution in [2.75, 3.05) is 13.2 Å². The van der Waals surface area contributed by atoms with Crippen LogP contribution in [-0.4, -0.2) is 54.1 Å². The van der Waals surface area contributed by atoms with Gasteiger partial charge in [-0.1, -0.05) is 45.0 Å². The highest BCUT2D eigenvalue weighted by atomic mass is 16.6. The van der Waals surface area contributed by atoms with Crippen molar-refractivity contribution in [1.82, 2.24) is 5.32 Å². The van der Waals surface area contributed by atoms with E-state index in [0.29, 0.717) is 24.8 Å². The Balaban J connectivity index is 1.46. The molecule has 0 saturated heterocycles. The summed E-state index contributed by atoms with van der Waals surface area (Å²) in [7, 11) is 0. The summed E-state index contributed by atoms with van der Waals surface area (Å²) in [6.07, 6.45) is 3.96. The van der Waals surface area contributed by atoms with Gasteiger partial charge in [-0.15, -0.1) is 6.58 Å². The van der Waals surface area contributed by atoms with Gasteiger partial charge in [0.15, 0.2) is 6.61 Å². The molecule has 4 rings (SSSR count). The predicted molar refractivity (Wildman–Crippen MR) is 140 cm³/mol. The Morgan fingerprint density at radius 3 is 2.53 bits per heavy atom. The average Bonchev–Trinajstić information content (AvgIpc) is 3.25. The van der Waals surface area contributed by atoms with Gasteiger partial charge in [0.25, 0.3) is 5.91 Å². The van der Waals surface area contributed by atoms with Gasteiger partial charge < -0.3 is 19.9 Å². The van der Waals surface area contributed by atoms with Crippen LogP contribution < -0.4 is 5.32 Å². The maximum atomic E-state index is 13.3. The van der Waals surface area contributed by atoms with Gasteiger partial charge in [-0.2, -0.15) is 0 Å². The number of amides is 1. The average molecular weight is 526 g/mol. The van der Waals surface area contributed by atoms with E-state index < -0.39 is 47.5 Å². The lowest BCUT2D eigenvalue weighted by Gasteiger charge is -2.59. The summed E-state index contributed by atoms with van der Waals surface area (Å²) >= 11 is 0. The summed E-state index contributed by atoms with van der Waals surface area (Å²) in [5.74, 6) is -1.79. The Bertz CT molecular complexity index is 1100. The molecule has 2 N–H and O–H groups in total. The quantitative estimate of drug-likeness (QED) is 0.412. The van der Waals surface area contributed by atoms with Crippen LogP contribution in [0.4, 0.5) is 0 Å². The molecule has 1 amide bonds. The number of carbonyl (C=O) groups excluding carboxylic acids is 4. The van der Waals surface area contributed by atoms with E-state index in [1.54, 1.807) is 36.4 Å². The van der Waals surface area contributed by atoms with E-state index in [1.807, 2.05) is 13.8 Å². The smallest absolute Gasteiger partial charge is 0.344 e. The number of hydrogen-bond donors (Lipinski definition) is 2. The second-order valence-electron chi connectivity index (χ2n) is 11.9. The van der Waals surface area contributed by atoms with E-state index in [1.165, 1.54) is 0 Å². The number of ether oxygens (including phenoxy) is 2. The maximum Gasteiger partial charge on any atom is 0.344 e. The van der Waals surface area contributed by atoms with Gasteiger partial charge >= 0.3 is 11.9 Å². The zero-order valence-electron chi connectivity index (χ0n) is 22.5. The second-order valence-corrected chi connectivity index (χ2v) is 11.9. The normalized spacial score (nSPS) is 36.3. The van der Waals surface area contributed by atoms with Gasteiger partial charge in [-0.3, -0.25) is 14.4 Å². The molecule has 3 saturated carbocycles. The van der Waals surface area contributed by atoms with Crippen LogP contribution >= 0.6 is 0 Å². The first-order valence-corrected chi connectivity index (χ1v) is 13.5. The number of nitrogens with one attached hydrogen (secondary N) is 1. The van der Waals surface area contributed by atoms with Crippen molar-refractivity contribution in [2.24, 2.45) is 28.1 Å². The van der Waals surface area contributed by atoms with Crippen LogP contribution in [0.5, 0.6) is 0 Å². The maximum absolute atomic E-state index is 13.3. The monoisotopic (exact) mass is 525 g/mol. The van der Waals surface area contributed by atoms with Crippen molar-refractivity contribution in [2.45, 2.75) is 71.5 Å². The molecule has 0 heterocycles. The largest absolute Gasteiger partial charge is 0.459 e. The minimum atomic E-state index is -0.766. The van der Waals surface area contributed by atoms with Gasteiger partial charge in [-0.25, -0.2) is 4.79 Å². The molecule has 3 aliphatic carbocycles. The Hall–Kier alpha value is -3.00. The second kappa shape index (κ2) is 10.6. The summed E-state index contributed by atoms with van der Waals surface area (Å²) in [4.78, 5) is 50.6. The number of benzene rings is 1. The SMILES string of the molecule is C=C[C@]1(C)C[C@@H](OC(=O)COC(=O)CNC(=O)c2ccccc2)[C@]2(C)CC[C@@H](C)[C@@]3(CCC(=O)[C@@H]23)C[C@@H]1O. The number of Topliss-reactive ketones (excluding diaryl/α,β-unsaturated/α-hetero) is 1. The number of esters is 2. The number of aliphatic hydroxyl groups is 1. The van der Waals surface area contributed by atoms with Crippen molar-refractivity contribution in [1.29, 1.82) is 0 Å². The first kappa shape index (κ1) is 28.0. The van der Waals surface area contributed by atoms with E-state index >= 15 is 0 Å². The zero-order valence-corrected chi connectivity index (χ0v) is 22.5. The fraction of sp³-hybridized carbons (Fsp3) is 0.600. The lowest BCUT2D eigenvalue weighted by Crippen LogP contribution is -2.59. The summed E-state index contributed by atoms with van der Waals surface area (Å²) in [5.41, 5.74) is -1.26. The standard InChI is InChI=1S/C30H39NO7/c1-5-28(3)16-23(29(4)13-11-19(2)30(15-22(28)33)14-12-21(32)26(29)30)38-25(35)18-37-24(34)17-31-27(36)20-9-7-6-8-10-20/h5-10,19,22-23,26,33H,1,11-18H2,2-4H3,(H,31,36)/t19-,22+,23-,26+,28-,29+,30-/m1/s1. The van der Waals surface area contributed by atoms with Crippen LogP contribution in [0.1, 0.15) is 69.7 Å². The molecule has 2 bridgehead atoms. The molecular weight excluding hydrogens is 486 g/mol. The Morgan fingerprint density at radius 1 is 1.13 bits per heavy atom. The number of aliphatic hydroxyl groups excluding tert-OH is 1. The highest BCUT2D eigenvalue weighted by Crippen LogP contribution is 2.66. The summed E-state index contributed by atoms with van der Waals surface area (Å²) in [6.45, 7) is 9.09. The van der Waals surface area contributed by atoms with Crippen molar-refractivity contribution >= 4 is 23.6 Å². The number of ketones is 1. The third-order valence-corrected chi connectivity index (χ3v) is 9.71. The number of carbonyl (C=O) groups is 4. The van der Waals surface area contributed by atoms with Crippen molar-refractivity contribution in [3.63, 3.8) is 0 Å². The van der Waals surface area contributed by atoms with Crippen LogP contribution in [0.2, 0.25) is 0 Å². The van der Waals surface area contributed by atoms with Gasteiger partial charge in [0.05, 0.1) is 6.10 Å². The molecule has 8 heteroatoms. The Kier molecular flexibility index (Phi) is 7.84. The minimum Gasteiger partial charge on any atom is -0.459 e. The summed E-state index contributed by atoms with van der Waals surface area (Å²) in [5, 5.41) is 13.8. The Labute approximate surface area is 224 Å². The molecule has 1 aromatic rings. The summed E-state index contributed by atoms with van der Waals surface area (Å²) in [6, 6.07) is 8.45. The third kappa shape index (κ3) is 5.03. The van der Waals surface area contributed by atoms with Crippen LogP contribution in [-0.2, 0) is 23.9 Å². The van der Waals surface area contributed by atoms with E-state index in [0.717, 1.165) is 19.3 Å². The fourth-order valence-electron chi connectivity index (χ4n) is 7.23. The van der Waals surface area contributed by atoms with E-state index in [9.17, 15) is 24.3 Å². The van der Waals surface area contributed by atoms with Gasteiger partial charge in [0.1, 0.15) is 18.4 Å². The molecule has 0 spiro atoms. The fourth-order valence-corrected chi connectivity index (χ4v) is 7.23. The highest BCUT2D eigenvalue weighted by Gasteiger charge is 2.66. The molecule has 0 aliphatic heterocycles. The molecule has 206 valence electrons. The van der Waals surface area contributed by atoms with Crippen LogP contribution in [0.3, 0.4) is 0 Å². The molecule has 0 unspecified atom stereocenters. The first-order chi connectivity index (χ1) is 17.9. The van der Waals surface area contributed by atoms with Crippen molar-refractivity contribution in [3.8, 4) is 0 Å². The molecular formula is C30H39NO7. The minimum absolute atomic E-state index is 0.176. The molecule has 0 aromatic heterocycles. The Morgan fingerprint density at radius 2 is 1.84 bits per heavy atom. The molecule has 0 radical (unpaired) electrons. The zero-order chi connectivity index (χ0) is 27.7. The van der Waals surface area contributed by atoms with E-state index in [2.05, 4.69) is 18.8 Å². The number of rotatable bonds is 7. The van der Waals surface area contributed by atoms with E-state index in [4.69, 9.17) is 9.47 Å². The lowest BCUT2D eigenvalue weighted by atomic mass is 9.46. The lowest BCUT2D eigenvalue weighted by molar-refractivity contribution is -0.194. The molecule has 8 nitrogen and oxygen atoms in total. The number of hydrogen-bond acceptors (Lipinski definition) is 7. The highest BCUT2D eigenvalue weighted by molar-refractivity contribution is 5.96. The topological polar surface area (TPSA) is 119 Å².